The lowest BCUT2D eigenvalue weighted by atomic mass is 10.1. The Hall–Kier alpha value is -2.81. The Bertz CT molecular complexity index is 654. The van der Waals surface area contributed by atoms with E-state index in [0.29, 0.717) is 12.2 Å². The van der Waals surface area contributed by atoms with Crippen molar-refractivity contribution in [3.05, 3.63) is 78.4 Å². The molecule has 0 bridgehead atoms. The second-order valence-corrected chi connectivity index (χ2v) is 4.42. The molecule has 21 heavy (non-hydrogen) atoms. The Kier molecular flexibility index (Phi) is 4.94. The molecule has 0 unspecified atom stereocenters. The van der Waals surface area contributed by atoms with Crippen molar-refractivity contribution in [2.45, 2.75) is 0 Å². The van der Waals surface area contributed by atoms with Gasteiger partial charge in [-0.3, -0.25) is 4.79 Å². The molecule has 0 heterocycles. The van der Waals surface area contributed by atoms with Gasteiger partial charge in [0, 0.05) is 5.56 Å². The Morgan fingerprint density at radius 3 is 2.67 bits per heavy atom. The molecule has 0 atom stereocenters. The molecule has 2 aromatic carbocycles. The summed E-state index contributed by atoms with van der Waals surface area (Å²) in [6.07, 6.45) is 4.91. The van der Waals surface area contributed by atoms with E-state index < -0.39 is 0 Å². The van der Waals surface area contributed by atoms with E-state index in [2.05, 4.69) is 6.58 Å². The Morgan fingerprint density at radius 2 is 1.95 bits per heavy atom. The molecule has 0 amide bonds. The largest absolute Gasteiger partial charge is 0.508 e. The lowest BCUT2D eigenvalue weighted by molar-refractivity contribution is 0.104. The van der Waals surface area contributed by atoms with Crippen LogP contribution in [-0.4, -0.2) is 17.5 Å². The summed E-state index contributed by atoms with van der Waals surface area (Å²) in [7, 11) is 0. The summed E-state index contributed by atoms with van der Waals surface area (Å²) in [5, 5.41) is 9.20. The number of carbonyl (C=O) groups is 1. The highest BCUT2D eigenvalue weighted by molar-refractivity contribution is 6.06. The topological polar surface area (TPSA) is 46.5 Å². The third kappa shape index (κ3) is 4.35. The van der Waals surface area contributed by atoms with Crippen LogP contribution in [0, 0.1) is 0 Å². The van der Waals surface area contributed by atoms with Crippen LogP contribution in [0.3, 0.4) is 0 Å². The molecule has 0 aromatic heterocycles. The minimum Gasteiger partial charge on any atom is -0.508 e. The molecule has 0 aliphatic rings. The molecule has 2 rings (SSSR count). The lowest BCUT2D eigenvalue weighted by Gasteiger charge is -2.03. The fraction of sp³-hybridized carbons (Fsp3) is 0.0556. The zero-order chi connectivity index (χ0) is 15.1. The average Bonchev–Trinajstić information content (AvgIpc) is 2.52. The summed E-state index contributed by atoms with van der Waals surface area (Å²) in [5.74, 6) is 0.754. The van der Waals surface area contributed by atoms with Gasteiger partial charge in [0.15, 0.2) is 5.78 Å². The molecule has 0 aliphatic carbocycles. The first-order valence-corrected chi connectivity index (χ1v) is 6.54. The maximum Gasteiger partial charge on any atom is 0.185 e. The van der Waals surface area contributed by atoms with Crippen LogP contribution in [0.1, 0.15) is 15.9 Å². The fourth-order valence-electron chi connectivity index (χ4n) is 1.76. The minimum atomic E-state index is -0.118. The van der Waals surface area contributed by atoms with Gasteiger partial charge >= 0.3 is 0 Å². The monoisotopic (exact) mass is 280 g/mol. The van der Waals surface area contributed by atoms with Gasteiger partial charge in [-0.25, -0.2) is 0 Å². The van der Waals surface area contributed by atoms with Gasteiger partial charge in [0.05, 0.1) is 0 Å². The van der Waals surface area contributed by atoms with Gasteiger partial charge in [-0.1, -0.05) is 30.9 Å². The van der Waals surface area contributed by atoms with Crippen molar-refractivity contribution in [1.29, 1.82) is 0 Å². The summed E-state index contributed by atoms with van der Waals surface area (Å²) in [4.78, 5) is 12.0. The van der Waals surface area contributed by atoms with Gasteiger partial charge in [0.1, 0.15) is 18.1 Å². The van der Waals surface area contributed by atoms with Crippen LogP contribution in [0.4, 0.5) is 0 Å². The highest BCUT2D eigenvalue weighted by Gasteiger charge is 2.01. The van der Waals surface area contributed by atoms with E-state index in [9.17, 15) is 9.90 Å². The molecule has 1 N–H and O–H groups in total. The van der Waals surface area contributed by atoms with E-state index in [1.807, 2.05) is 24.3 Å². The predicted molar refractivity (Wildman–Crippen MR) is 83.6 cm³/mol. The molecule has 2 aromatic rings. The minimum absolute atomic E-state index is 0.118. The van der Waals surface area contributed by atoms with Gasteiger partial charge in [0.25, 0.3) is 0 Å². The smallest absolute Gasteiger partial charge is 0.185 e. The van der Waals surface area contributed by atoms with Gasteiger partial charge in [-0.15, -0.1) is 0 Å². The normalized spacial score (nSPS) is 10.5. The highest BCUT2D eigenvalue weighted by Crippen LogP contribution is 2.15. The number of phenolic OH excluding ortho intramolecular Hbond substituents is 1. The molecule has 0 saturated carbocycles. The molecule has 0 saturated heterocycles. The van der Waals surface area contributed by atoms with Gasteiger partial charge in [0.2, 0.25) is 0 Å². The summed E-state index contributed by atoms with van der Waals surface area (Å²) >= 11 is 0. The van der Waals surface area contributed by atoms with Gasteiger partial charge < -0.3 is 9.84 Å². The number of phenols is 1. The van der Waals surface area contributed by atoms with Crippen molar-refractivity contribution < 1.29 is 14.6 Å². The van der Waals surface area contributed by atoms with Gasteiger partial charge in [-0.2, -0.15) is 0 Å². The van der Waals surface area contributed by atoms with E-state index in [1.165, 1.54) is 18.2 Å². The highest BCUT2D eigenvalue weighted by atomic mass is 16.5. The number of ether oxygens (including phenoxy) is 1. The number of carbonyl (C=O) groups excluding carboxylic acids is 1. The van der Waals surface area contributed by atoms with E-state index in [0.717, 1.165) is 11.3 Å². The van der Waals surface area contributed by atoms with Crippen LogP contribution in [0.25, 0.3) is 6.08 Å². The zero-order valence-electron chi connectivity index (χ0n) is 11.5. The van der Waals surface area contributed by atoms with E-state index in [4.69, 9.17) is 4.74 Å². The van der Waals surface area contributed by atoms with Crippen LogP contribution < -0.4 is 4.74 Å². The van der Waals surface area contributed by atoms with E-state index in [-0.39, 0.29) is 11.5 Å². The first kappa shape index (κ1) is 14.6. The first-order valence-electron chi connectivity index (χ1n) is 6.54. The zero-order valence-corrected chi connectivity index (χ0v) is 11.5. The van der Waals surface area contributed by atoms with Crippen molar-refractivity contribution in [3.8, 4) is 11.5 Å². The SMILES string of the molecule is C=CCOc1cccc(/C=C/C(=O)c2ccc(O)cc2)c1. The van der Waals surface area contributed by atoms with Crippen molar-refractivity contribution in [3.63, 3.8) is 0 Å². The maximum absolute atomic E-state index is 12.0. The third-order valence-electron chi connectivity index (χ3n) is 2.80. The third-order valence-corrected chi connectivity index (χ3v) is 2.80. The van der Waals surface area contributed by atoms with Crippen LogP contribution in [-0.2, 0) is 0 Å². The number of hydrogen-bond donors (Lipinski definition) is 1. The quantitative estimate of drug-likeness (QED) is 0.496. The maximum atomic E-state index is 12.0. The molecule has 0 fully saturated rings. The van der Waals surface area contributed by atoms with Gasteiger partial charge in [-0.05, 0) is 48.0 Å². The number of rotatable bonds is 6. The summed E-state index contributed by atoms with van der Waals surface area (Å²) < 4.78 is 5.44. The number of allylic oxidation sites excluding steroid dienone is 1. The molecule has 3 heteroatoms. The van der Waals surface area contributed by atoms with Crippen molar-refractivity contribution in [2.24, 2.45) is 0 Å². The Morgan fingerprint density at radius 1 is 1.19 bits per heavy atom. The second-order valence-electron chi connectivity index (χ2n) is 4.42. The van der Waals surface area contributed by atoms with Crippen LogP contribution >= 0.6 is 0 Å². The number of ketones is 1. The van der Waals surface area contributed by atoms with Crippen molar-refractivity contribution in [1.82, 2.24) is 0 Å². The standard InChI is InChI=1S/C18H16O3/c1-2-12-21-17-5-3-4-14(13-17)6-11-18(20)15-7-9-16(19)10-8-15/h2-11,13,19H,1,12H2/b11-6+. The van der Waals surface area contributed by atoms with Crippen LogP contribution in [0.2, 0.25) is 0 Å². The van der Waals surface area contributed by atoms with E-state index >= 15 is 0 Å². The molecule has 106 valence electrons. The average molecular weight is 280 g/mol. The fourth-order valence-corrected chi connectivity index (χ4v) is 1.76. The Labute approximate surface area is 123 Å². The second kappa shape index (κ2) is 7.10. The first-order chi connectivity index (χ1) is 10.2. The number of hydrogen-bond acceptors (Lipinski definition) is 3. The predicted octanol–water partition coefficient (Wildman–Crippen LogP) is 3.85. The van der Waals surface area contributed by atoms with Crippen molar-refractivity contribution in [2.75, 3.05) is 6.61 Å². The lowest BCUT2D eigenvalue weighted by Crippen LogP contribution is -1.94. The molecule has 0 radical (unpaired) electrons. The number of benzene rings is 2. The van der Waals surface area contributed by atoms with Crippen LogP contribution in [0.5, 0.6) is 11.5 Å². The molecule has 0 spiro atoms. The summed E-state index contributed by atoms with van der Waals surface area (Å²) in [5.41, 5.74) is 1.41. The number of aromatic hydroxyl groups is 1. The molecular weight excluding hydrogens is 264 g/mol. The molecule has 3 nitrogen and oxygen atoms in total. The molecular formula is C18H16O3. The molecule has 0 aliphatic heterocycles. The van der Waals surface area contributed by atoms with E-state index in [1.54, 1.807) is 24.3 Å². The summed E-state index contributed by atoms with van der Waals surface area (Å²) in [6, 6.07) is 13.6. The van der Waals surface area contributed by atoms with Crippen LogP contribution in [0.15, 0.2) is 67.3 Å². The summed E-state index contributed by atoms with van der Waals surface area (Å²) in [6.45, 7) is 4.04. The Balaban J connectivity index is 2.08. The van der Waals surface area contributed by atoms with Crippen molar-refractivity contribution >= 4 is 11.9 Å².